The lowest BCUT2D eigenvalue weighted by atomic mass is 10.1. The third-order valence-electron chi connectivity index (χ3n) is 3.88. The Kier molecular flexibility index (Phi) is 5.87. The molecule has 2 heterocycles. The molecule has 2 atom stereocenters. The smallest absolute Gasteiger partial charge is 0.407 e. The van der Waals surface area contributed by atoms with Crippen LogP contribution in [-0.2, 0) is 4.74 Å². The van der Waals surface area contributed by atoms with E-state index in [0.717, 1.165) is 0 Å². The first-order valence-electron chi connectivity index (χ1n) is 8.57. The maximum Gasteiger partial charge on any atom is 0.407 e. The Morgan fingerprint density at radius 2 is 2.04 bits per heavy atom. The summed E-state index contributed by atoms with van der Waals surface area (Å²) in [7, 11) is 0. The van der Waals surface area contributed by atoms with Crippen LogP contribution in [0.5, 0.6) is 5.88 Å². The van der Waals surface area contributed by atoms with Crippen LogP contribution in [0.25, 0.3) is 0 Å². The van der Waals surface area contributed by atoms with Gasteiger partial charge in [0.15, 0.2) is 0 Å². The zero-order valence-electron chi connectivity index (χ0n) is 15.5. The Morgan fingerprint density at radius 3 is 2.60 bits per heavy atom. The number of rotatable bonds is 4. The number of aromatic nitrogens is 1. The highest BCUT2D eigenvalue weighted by Crippen LogP contribution is 2.20. The van der Waals surface area contributed by atoms with Gasteiger partial charge in [0.05, 0.1) is 18.2 Å². The molecule has 0 aliphatic carbocycles. The van der Waals surface area contributed by atoms with Crippen LogP contribution in [0.4, 0.5) is 4.79 Å². The van der Waals surface area contributed by atoms with Gasteiger partial charge in [-0.1, -0.05) is 6.92 Å². The topological polar surface area (TPSA) is 80.8 Å². The van der Waals surface area contributed by atoms with E-state index in [9.17, 15) is 9.59 Å². The summed E-state index contributed by atoms with van der Waals surface area (Å²) in [6, 6.07) is 3.26. The van der Waals surface area contributed by atoms with Crippen molar-refractivity contribution in [3.63, 3.8) is 0 Å². The van der Waals surface area contributed by atoms with E-state index in [0.29, 0.717) is 31.1 Å². The van der Waals surface area contributed by atoms with Crippen molar-refractivity contribution in [1.82, 2.24) is 15.2 Å². The number of nitrogens with one attached hydrogen (secondary N) is 1. The molecule has 2 amide bonds. The van der Waals surface area contributed by atoms with E-state index in [1.165, 1.54) is 6.20 Å². The zero-order valence-corrected chi connectivity index (χ0v) is 15.5. The molecule has 1 aromatic heterocycles. The van der Waals surface area contributed by atoms with Crippen molar-refractivity contribution in [3.05, 3.63) is 23.9 Å². The van der Waals surface area contributed by atoms with Gasteiger partial charge < -0.3 is 19.7 Å². The van der Waals surface area contributed by atoms with Gasteiger partial charge in [0, 0.05) is 25.4 Å². The highest BCUT2D eigenvalue weighted by Gasteiger charge is 2.34. The molecule has 138 valence electrons. The molecule has 2 rings (SSSR count). The molecule has 7 nitrogen and oxygen atoms in total. The molecular weight excluding hydrogens is 322 g/mol. The summed E-state index contributed by atoms with van der Waals surface area (Å²) >= 11 is 0. The summed E-state index contributed by atoms with van der Waals surface area (Å²) < 4.78 is 10.6. The summed E-state index contributed by atoms with van der Waals surface area (Å²) in [4.78, 5) is 30.4. The molecule has 0 radical (unpaired) electrons. The highest BCUT2D eigenvalue weighted by atomic mass is 16.6. The minimum absolute atomic E-state index is 0.101. The van der Waals surface area contributed by atoms with Gasteiger partial charge in [-0.05, 0) is 39.7 Å². The molecule has 1 saturated heterocycles. The molecule has 25 heavy (non-hydrogen) atoms. The van der Waals surface area contributed by atoms with E-state index < -0.39 is 11.7 Å². The molecule has 1 aromatic rings. The third kappa shape index (κ3) is 5.34. The predicted molar refractivity (Wildman–Crippen MR) is 93.6 cm³/mol. The fourth-order valence-electron chi connectivity index (χ4n) is 2.70. The third-order valence-corrected chi connectivity index (χ3v) is 3.88. The first-order valence-corrected chi connectivity index (χ1v) is 8.57. The fraction of sp³-hybridized carbons (Fsp3) is 0.611. The molecule has 0 aromatic carbocycles. The van der Waals surface area contributed by atoms with Crippen molar-refractivity contribution in [2.75, 3.05) is 19.7 Å². The van der Waals surface area contributed by atoms with E-state index in [2.05, 4.69) is 10.3 Å². The number of alkyl carbamates (subject to hydrolysis) is 1. The molecular formula is C18H27N3O4. The normalized spacial score (nSPS) is 20.3. The number of carbonyl (C=O) groups excluding carboxylic acids is 2. The van der Waals surface area contributed by atoms with Crippen LogP contribution < -0.4 is 10.1 Å². The number of ether oxygens (including phenoxy) is 2. The maximum atomic E-state index is 12.6. The van der Waals surface area contributed by atoms with Gasteiger partial charge in [0.25, 0.3) is 5.91 Å². The largest absolute Gasteiger partial charge is 0.478 e. The monoisotopic (exact) mass is 349 g/mol. The quantitative estimate of drug-likeness (QED) is 0.903. The molecule has 0 saturated carbocycles. The van der Waals surface area contributed by atoms with Gasteiger partial charge in [-0.3, -0.25) is 4.79 Å². The number of amides is 2. The first kappa shape index (κ1) is 19.0. The van der Waals surface area contributed by atoms with Crippen LogP contribution in [0.15, 0.2) is 18.3 Å². The zero-order chi connectivity index (χ0) is 18.6. The van der Waals surface area contributed by atoms with Crippen LogP contribution in [0, 0.1) is 5.92 Å². The maximum absolute atomic E-state index is 12.6. The Balaban J connectivity index is 1.95. The minimum Gasteiger partial charge on any atom is -0.478 e. The van der Waals surface area contributed by atoms with E-state index in [1.54, 1.807) is 17.0 Å². The number of pyridine rings is 1. The second kappa shape index (κ2) is 7.72. The van der Waals surface area contributed by atoms with Gasteiger partial charge in [-0.15, -0.1) is 0 Å². The number of hydrogen-bond donors (Lipinski definition) is 1. The molecule has 0 spiro atoms. The molecule has 0 bridgehead atoms. The van der Waals surface area contributed by atoms with Crippen LogP contribution in [0.2, 0.25) is 0 Å². The number of nitrogens with zero attached hydrogens (tertiary/aromatic N) is 2. The summed E-state index contributed by atoms with van der Waals surface area (Å²) in [6.45, 7) is 10.9. The fourth-order valence-corrected chi connectivity index (χ4v) is 2.70. The Morgan fingerprint density at radius 1 is 1.32 bits per heavy atom. The van der Waals surface area contributed by atoms with E-state index >= 15 is 0 Å². The van der Waals surface area contributed by atoms with Crippen molar-refractivity contribution >= 4 is 12.0 Å². The van der Waals surface area contributed by atoms with Crippen molar-refractivity contribution in [1.29, 1.82) is 0 Å². The average molecular weight is 349 g/mol. The van der Waals surface area contributed by atoms with Crippen molar-refractivity contribution < 1.29 is 19.1 Å². The SMILES string of the molecule is CCOc1ccc(C(=O)N2C[C@@H](C)[C@H](NC(=O)OC(C)(C)C)C2)cn1. The van der Waals surface area contributed by atoms with Gasteiger partial charge >= 0.3 is 6.09 Å². The Hall–Kier alpha value is -2.31. The molecule has 1 fully saturated rings. The second-order valence-electron chi connectivity index (χ2n) is 7.26. The number of hydrogen-bond acceptors (Lipinski definition) is 5. The Bertz CT molecular complexity index is 610. The first-order chi connectivity index (χ1) is 11.7. The van der Waals surface area contributed by atoms with Crippen LogP contribution in [0.1, 0.15) is 45.0 Å². The summed E-state index contributed by atoms with van der Waals surface area (Å²) in [5.74, 6) is 0.543. The molecule has 1 N–H and O–H groups in total. The Labute approximate surface area is 148 Å². The summed E-state index contributed by atoms with van der Waals surface area (Å²) in [5.41, 5.74) is -0.0383. The summed E-state index contributed by atoms with van der Waals surface area (Å²) in [6.07, 6.45) is 1.06. The van der Waals surface area contributed by atoms with E-state index in [4.69, 9.17) is 9.47 Å². The van der Waals surface area contributed by atoms with Crippen molar-refractivity contribution in [2.45, 2.75) is 46.3 Å². The lowest BCUT2D eigenvalue weighted by Crippen LogP contribution is -2.43. The average Bonchev–Trinajstić information content (AvgIpc) is 2.86. The van der Waals surface area contributed by atoms with Crippen molar-refractivity contribution in [2.24, 2.45) is 5.92 Å². The number of likely N-dealkylation sites (tertiary alicyclic amines) is 1. The molecule has 0 unspecified atom stereocenters. The minimum atomic E-state index is -0.546. The predicted octanol–water partition coefficient (Wildman–Crippen LogP) is 2.47. The molecule has 7 heteroatoms. The number of carbonyl (C=O) groups is 2. The lowest BCUT2D eigenvalue weighted by molar-refractivity contribution is 0.0494. The van der Waals surface area contributed by atoms with Gasteiger partial charge in [0.2, 0.25) is 5.88 Å². The van der Waals surface area contributed by atoms with Crippen LogP contribution >= 0.6 is 0 Å². The lowest BCUT2D eigenvalue weighted by Gasteiger charge is -2.23. The molecule has 1 aliphatic rings. The second-order valence-corrected chi connectivity index (χ2v) is 7.26. The van der Waals surface area contributed by atoms with Gasteiger partial charge in [-0.25, -0.2) is 9.78 Å². The van der Waals surface area contributed by atoms with Crippen LogP contribution in [0.3, 0.4) is 0 Å². The van der Waals surface area contributed by atoms with Gasteiger partial charge in [0.1, 0.15) is 5.60 Å². The summed E-state index contributed by atoms with van der Waals surface area (Å²) in [5, 5.41) is 2.86. The van der Waals surface area contributed by atoms with Crippen molar-refractivity contribution in [3.8, 4) is 5.88 Å². The van der Waals surface area contributed by atoms with E-state index in [-0.39, 0.29) is 17.9 Å². The van der Waals surface area contributed by atoms with Gasteiger partial charge in [-0.2, -0.15) is 0 Å². The molecule has 1 aliphatic heterocycles. The standard InChI is InChI=1S/C18H27N3O4/c1-6-24-15-8-7-13(9-19-15)16(22)21-10-12(2)14(11-21)20-17(23)25-18(3,4)5/h7-9,12,14H,6,10-11H2,1-5H3,(H,20,23)/t12-,14-/m1/s1. The van der Waals surface area contributed by atoms with E-state index in [1.807, 2.05) is 34.6 Å². The van der Waals surface area contributed by atoms with Crippen LogP contribution in [-0.4, -0.2) is 53.2 Å². The highest BCUT2D eigenvalue weighted by molar-refractivity contribution is 5.94.